The molecule has 0 saturated carbocycles. The average molecular weight is 218 g/mol. The number of rotatable bonds is 2. The van der Waals surface area contributed by atoms with E-state index in [1.807, 2.05) is 23.1 Å². The molecule has 1 atom stereocenters. The molecule has 0 radical (unpaired) electrons. The van der Waals surface area contributed by atoms with Crippen LogP contribution < -0.4 is 5.32 Å². The maximum atomic E-state index is 11.9. The van der Waals surface area contributed by atoms with Gasteiger partial charge in [0.25, 0.3) is 0 Å². The summed E-state index contributed by atoms with van der Waals surface area (Å²) in [5.74, 6) is 0.251. The molecule has 1 aliphatic heterocycles. The number of hydrogen-bond donors (Lipinski definition) is 1. The summed E-state index contributed by atoms with van der Waals surface area (Å²) in [6.45, 7) is 4.45. The van der Waals surface area contributed by atoms with Crippen LogP contribution in [-0.4, -0.2) is 29.9 Å². The zero-order chi connectivity index (χ0) is 11.4. The Labute approximate surface area is 96.5 Å². The lowest BCUT2D eigenvalue weighted by molar-refractivity contribution is -0.131. The van der Waals surface area contributed by atoms with Crippen LogP contribution in [0.25, 0.3) is 0 Å². The Bertz CT molecular complexity index is 350. The van der Waals surface area contributed by atoms with E-state index in [-0.39, 0.29) is 5.91 Å². The van der Waals surface area contributed by atoms with E-state index in [0.29, 0.717) is 12.5 Å². The number of benzene rings is 1. The van der Waals surface area contributed by atoms with E-state index in [4.69, 9.17) is 0 Å². The van der Waals surface area contributed by atoms with Crippen LogP contribution in [0.15, 0.2) is 30.3 Å². The van der Waals surface area contributed by atoms with Crippen molar-refractivity contribution in [2.45, 2.75) is 25.9 Å². The standard InChI is InChI=1S/C13H18N2O/c1-11-9-15(13(16)7-8-14-11)10-12-5-3-2-4-6-12/h2-6,11,14H,7-10H2,1H3. The smallest absolute Gasteiger partial charge is 0.224 e. The third kappa shape index (κ3) is 2.83. The molecular weight excluding hydrogens is 200 g/mol. The van der Waals surface area contributed by atoms with Crippen LogP contribution in [0, 0.1) is 0 Å². The summed E-state index contributed by atoms with van der Waals surface area (Å²) >= 11 is 0. The molecule has 3 nitrogen and oxygen atoms in total. The minimum atomic E-state index is 0.251. The van der Waals surface area contributed by atoms with Gasteiger partial charge < -0.3 is 10.2 Å². The number of hydrogen-bond acceptors (Lipinski definition) is 2. The van der Waals surface area contributed by atoms with Gasteiger partial charge >= 0.3 is 0 Å². The molecule has 1 aliphatic rings. The molecule has 0 bridgehead atoms. The summed E-state index contributed by atoms with van der Waals surface area (Å²) < 4.78 is 0. The Morgan fingerprint density at radius 3 is 2.88 bits per heavy atom. The Morgan fingerprint density at radius 1 is 1.38 bits per heavy atom. The van der Waals surface area contributed by atoms with Crippen molar-refractivity contribution in [3.8, 4) is 0 Å². The molecule has 0 spiro atoms. The van der Waals surface area contributed by atoms with E-state index >= 15 is 0 Å². The highest BCUT2D eigenvalue weighted by Gasteiger charge is 2.19. The van der Waals surface area contributed by atoms with Crippen LogP contribution in [0.3, 0.4) is 0 Å². The third-order valence-corrected chi connectivity index (χ3v) is 2.89. The van der Waals surface area contributed by atoms with E-state index in [0.717, 1.165) is 19.6 Å². The molecule has 86 valence electrons. The predicted octanol–water partition coefficient (Wildman–Crippen LogP) is 1.40. The summed E-state index contributed by atoms with van der Waals surface area (Å²) in [6.07, 6.45) is 0.608. The SMILES string of the molecule is CC1CN(Cc2ccccc2)C(=O)CCN1. The predicted molar refractivity (Wildman–Crippen MR) is 63.9 cm³/mol. The van der Waals surface area contributed by atoms with Gasteiger partial charge in [-0.15, -0.1) is 0 Å². The van der Waals surface area contributed by atoms with Crippen molar-refractivity contribution in [1.82, 2.24) is 10.2 Å². The first-order valence-corrected chi connectivity index (χ1v) is 5.81. The number of nitrogens with zero attached hydrogens (tertiary/aromatic N) is 1. The molecule has 1 amide bonds. The van der Waals surface area contributed by atoms with Gasteiger partial charge in [-0.25, -0.2) is 0 Å². The minimum Gasteiger partial charge on any atom is -0.337 e. The normalized spacial score (nSPS) is 21.9. The summed E-state index contributed by atoms with van der Waals surface area (Å²) in [5.41, 5.74) is 1.20. The number of amides is 1. The lowest BCUT2D eigenvalue weighted by Gasteiger charge is -2.22. The van der Waals surface area contributed by atoms with Crippen molar-refractivity contribution in [1.29, 1.82) is 0 Å². The van der Waals surface area contributed by atoms with E-state index in [2.05, 4.69) is 24.4 Å². The number of carbonyl (C=O) groups is 1. The Morgan fingerprint density at radius 2 is 2.12 bits per heavy atom. The molecule has 0 aliphatic carbocycles. The van der Waals surface area contributed by atoms with Gasteiger partial charge in [-0.3, -0.25) is 4.79 Å². The van der Waals surface area contributed by atoms with Crippen molar-refractivity contribution in [2.24, 2.45) is 0 Å². The second kappa shape index (κ2) is 5.12. The lowest BCUT2D eigenvalue weighted by Crippen LogP contribution is -2.36. The first-order valence-electron chi connectivity index (χ1n) is 5.81. The van der Waals surface area contributed by atoms with Gasteiger partial charge in [0.1, 0.15) is 0 Å². The van der Waals surface area contributed by atoms with Crippen LogP contribution in [-0.2, 0) is 11.3 Å². The molecule has 1 saturated heterocycles. The molecule has 1 unspecified atom stereocenters. The van der Waals surface area contributed by atoms with Crippen LogP contribution in [0.1, 0.15) is 18.9 Å². The van der Waals surface area contributed by atoms with Gasteiger partial charge in [0, 0.05) is 32.1 Å². The summed E-state index contributed by atoms with van der Waals surface area (Å²) in [4.78, 5) is 13.8. The van der Waals surface area contributed by atoms with Gasteiger partial charge in [0.2, 0.25) is 5.91 Å². The van der Waals surface area contributed by atoms with Gasteiger partial charge in [-0.2, -0.15) is 0 Å². The van der Waals surface area contributed by atoms with E-state index < -0.39 is 0 Å². The molecule has 16 heavy (non-hydrogen) atoms. The topological polar surface area (TPSA) is 32.3 Å². The molecule has 3 heteroatoms. The molecule has 0 aromatic heterocycles. The minimum absolute atomic E-state index is 0.251. The van der Waals surface area contributed by atoms with E-state index in [1.54, 1.807) is 0 Å². The Kier molecular flexibility index (Phi) is 3.57. The fourth-order valence-electron chi connectivity index (χ4n) is 2.04. The molecule has 1 heterocycles. The summed E-state index contributed by atoms with van der Waals surface area (Å²) in [6, 6.07) is 10.5. The third-order valence-electron chi connectivity index (χ3n) is 2.89. The van der Waals surface area contributed by atoms with E-state index in [1.165, 1.54) is 5.56 Å². The van der Waals surface area contributed by atoms with Crippen LogP contribution >= 0.6 is 0 Å². The quantitative estimate of drug-likeness (QED) is 0.813. The average Bonchev–Trinajstić information content (AvgIpc) is 2.43. The van der Waals surface area contributed by atoms with Gasteiger partial charge in [0.15, 0.2) is 0 Å². The Balaban J connectivity index is 2.04. The molecule has 1 fully saturated rings. The van der Waals surface area contributed by atoms with Crippen LogP contribution in [0.5, 0.6) is 0 Å². The van der Waals surface area contributed by atoms with Crippen molar-refractivity contribution >= 4 is 5.91 Å². The second-order valence-electron chi connectivity index (χ2n) is 4.37. The molecule has 1 aromatic carbocycles. The van der Waals surface area contributed by atoms with Crippen molar-refractivity contribution < 1.29 is 4.79 Å². The van der Waals surface area contributed by atoms with Gasteiger partial charge in [0.05, 0.1) is 0 Å². The van der Waals surface area contributed by atoms with Crippen molar-refractivity contribution in [3.63, 3.8) is 0 Å². The zero-order valence-corrected chi connectivity index (χ0v) is 9.65. The van der Waals surface area contributed by atoms with E-state index in [9.17, 15) is 4.79 Å². The van der Waals surface area contributed by atoms with Crippen LogP contribution in [0.4, 0.5) is 0 Å². The fourth-order valence-corrected chi connectivity index (χ4v) is 2.04. The highest BCUT2D eigenvalue weighted by atomic mass is 16.2. The van der Waals surface area contributed by atoms with Crippen molar-refractivity contribution in [3.05, 3.63) is 35.9 Å². The highest BCUT2D eigenvalue weighted by molar-refractivity contribution is 5.76. The number of carbonyl (C=O) groups excluding carboxylic acids is 1. The number of nitrogens with one attached hydrogen (secondary N) is 1. The van der Waals surface area contributed by atoms with Gasteiger partial charge in [-0.1, -0.05) is 30.3 Å². The maximum Gasteiger partial charge on any atom is 0.224 e. The highest BCUT2D eigenvalue weighted by Crippen LogP contribution is 2.08. The fraction of sp³-hybridized carbons (Fsp3) is 0.462. The largest absolute Gasteiger partial charge is 0.337 e. The molecular formula is C13H18N2O. The molecule has 1 N–H and O–H groups in total. The second-order valence-corrected chi connectivity index (χ2v) is 4.37. The van der Waals surface area contributed by atoms with Crippen LogP contribution in [0.2, 0.25) is 0 Å². The van der Waals surface area contributed by atoms with Crippen molar-refractivity contribution in [2.75, 3.05) is 13.1 Å². The summed E-state index contributed by atoms with van der Waals surface area (Å²) in [7, 11) is 0. The maximum absolute atomic E-state index is 11.9. The first kappa shape index (κ1) is 11.1. The van der Waals surface area contributed by atoms with Gasteiger partial charge in [-0.05, 0) is 12.5 Å². The molecule has 2 rings (SSSR count). The lowest BCUT2D eigenvalue weighted by atomic mass is 10.2. The molecule has 1 aromatic rings. The Hall–Kier alpha value is -1.35. The monoisotopic (exact) mass is 218 g/mol. The zero-order valence-electron chi connectivity index (χ0n) is 9.65. The summed E-state index contributed by atoms with van der Waals surface area (Å²) in [5, 5.41) is 3.33. The first-order chi connectivity index (χ1) is 7.75.